The Kier molecular flexibility index (Phi) is 3.73. The van der Waals surface area contributed by atoms with Crippen LogP contribution in [0, 0.1) is 28.6 Å². The molecule has 4 saturated carbocycles. The van der Waals surface area contributed by atoms with Crippen molar-refractivity contribution in [3.8, 4) is 0 Å². The third kappa shape index (κ3) is 2.34. The summed E-state index contributed by atoms with van der Waals surface area (Å²) >= 11 is 0. The molecular weight excluding hydrogens is 272 g/mol. The lowest BCUT2D eigenvalue weighted by Gasteiger charge is -2.61. The Morgan fingerprint density at radius 2 is 1.59 bits per heavy atom. The summed E-state index contributed by atoms with van der Waals surface area (Å²) in [6.07, 6.45) is 10.6. The molecule has 0 aromatic carbocycles. The zero-order valence-electron chi connectivity index (χ0n) is 14.8. The summed E-state index contributed by atoms with van der Waals surface area (Å²) in [4.78, 5) is 12.7. The molecule has 0 N–H and O–H groups in total. The normalized spacial score (nSPS) is 39.4. The number of carbonyl (C=O) groups excluding carboxylic acids is 1. The summed E-state index contributed by atoms with van der Waals surface area (Å²) in [6.45, 7) is 12.2. The Labute approximate surface area is 135 Å². The van der Waals surface area contributed by atoms with Gasteiger partial charge in [-0.05, 0) is 89.5 Å². The molecule has 4 aliphatic rings. The molecule has 2 heteroatoms. The summed E-state index contributed by atoms with van der Waals surface area (Å²) < 4.78 is 6.17. The number of carbonyl (C=O) groups is 1. The lowest BCUT2D eigenvalue weighted by Crippen LogP contribution is -2.58. The van der Waals surface area contributed by atoms with E-state index >= 15 is 0 Å². The molecule has 0 aliphatic heterocycles. The average molecular weight is 304 g/mol. The molecule has 0 aromatic heterocycles. The predicted molar refractivity (Wildman–Crippen MR) is 89.4 cm³/mol. The van der Waals surface area contributed by atoms with E-state index in [2.05, 4.69) is 20.4 Å². The van der Waals surface area contributed by atoms with E-state index in [1.807, 2.05) is 19.9 Å². The van der Waals surface area contributed by atoms with Gasteiger partial charge >= 0.3 is 5.97 Å². The van der Waals surface area contributed by atoms with Crippen LogP contribution in [0.2, 0.25) is 0 Å². The summed E-state index contributed by atoms with van der Waals surface area (Å²) in [5.41, 5.74) is -0.776. The van der Waals surface area contributed by atoms with Gasteiger partial charge in [0.15, 0.2) is 0 Å². The number of hydrogen-bond acceptors (Lipinski definition) is 2. The molecule has 1 unspecified atom stereocenters. The van der Waals surface area contributed by atoms with Gasteiger partial charge in [-0.3, -0.25) is 4.79 Å². The molecule has 0 radical (unpaired) electrons. The van der Waals surface area contributed by atoms with Gasteiger partial charge in [0.05, 0.1) is 5.41 Å². The lowest BCUT2D eigenvalue weighted by atomic mass is 9.45. The quantitative estimate of drug-likeness (QED) is 0.520. The Balaban J connectivity index is 1.86. The molecule has 0 amide bonds. The lowest BCUT2D eigenvalue weighted by molar-refractivity contribution is -0.198. The summed E-state index contributed by atoms with van der Waals surface area (Å²) in [5, 5.41) is 0. The first-order valence-corrected chi connectivity index (χ1v) is 9.10. The first-order chi connectivity index (χ1) is 10.2. The Morgan fingerprint density at radius 3 is 1.95 bits per heavy atom. The van der Waals surface area contributed by atoms with E-state index < -0.39 is 11.0 Å². The predicted octanol–water partition coefficient (Wildman–Crippen LogP) is 5.13. The molecule has 0 aromatic rings. The fourth-order valence-electron chi connectivity index (χ4n) is 5.56. The van der Waals surface area contributed by atoms with Crippen molar-refractivity contribution in [1.82, 2.24) is 0 Å². The summed E-state index contributed by atoms with van der Waals surface area (Å²) in [5.74, 6) is 2.49. The van der Waals surface area contributed by atoms with Gasteiger partial charge in [0.25, 0.3) is 0 Å². The SMILES string of the molecule is C=CC(C)(OC(=O)C(C)(C)CC)C12CC3CC(CC(C3)C1)C2. The van der Waals surface area contributed by atoms with Crippen LogP contribution in [-0.4, -0.2) is 11.6 Å². The third-order valence-corrected chi connectivity index (χ3v) is 7.22. The monoisotopic (exact) mass is 304 g/mol. The van der Waals surface area contributed by atoms with E-state index in [4.69, 9.17) is 4.74 Å². The molecule has 4 rings (SSSR count). The van der Waals surface area contributed by atoms with Crippen molar-refractivity contribution >= 4 is 5.97 Å². The largest absolute Gasteiger partial charge is 0.454 e. The summed E-state index contributed by atoms with van der Waals surface area (Å²) in [6, 6.07) is 0. The van der Waals surface area contributed by atoms with E-state index in [1.54, 1.807) is 0 Å². The zero-order chi connectivity index (χ0) is 16.2. The smallest absolute Gasteiger partial charge is 0.312 e. The Morgan fingerprint density at radius 1 is 1.14 bits per heavy atom. The second-order valence-electron chi connectivity index (χ2n) is 9.14. The van der Waals surface area contributed by atoms with Gasteiger partial charge in [-0.2, -0.15) is 0 Å². The van der Waals surface area contributed by atoms with E-state index in [-0.39, 0.29) is 11.4 Å². The van der Waals surface area contributed by atoms with Crippen LogP contribution in [0.15, 0.2) is 12.7 Å². The van der Waals surface area contributed by atoms with Crippen LogP contribution in [0.5, 0.6) is 0 Å². The van der Waals surface area contributed by atoms with Crippen molar-refractivity contribution in [1.29, 1.82) is 0 Å². The topological polar surface area (TPSA) is 26.3 Å². The molecule has 4 fully saturated rings. The molecule has 0 saturated heterocycles. The second kappa shape index (κ2) is 5.11. The van der Waals surface area contributed by atoms with E-state index in [0.717, 1.165) is 24.2 Å². The molecular formula is C20H32O2. The van der Waals surface area contributed by atoms with Gasteiger partial charge in [-0.1, -0.05) is 13.5 Å². The van der Waals surface area contributed by atoms with Crippen LogP contribution >= 0.6 is 0 Å². The maximum atomic E-state index is 12.7. The van der Waals surface area contributed by atoms with E-state index in [1.165, 1.54) is 38.5 Å². The highest BCUT2D eigenvalue weighted by molar-refractivity contribution is 5.76. The van der Waals surface area contributed by atoms with Crippen molar-refractivity contribution in [2.75, 3.05) is 0 Å². The van der Waals surface area contributed by atoms with Crippen LogP contribution in [0.1, 0.15) is 72.6 Å². The van der Waals surface area contributed by atoms with Gasteiger partial charge in [-0.15, -0.1) is 0 Å². The molecule has 124 valence electrons. The standard InChI is InChI=1S/C20H32O2/c1-6-18(3,4)17(21)22-19(5,7-2)20-11-14-8-15(12-20)10-16(9-14)13-20/h7,14-16H,2,6,8-13H2,1,3-5H3. The minimum Gasteiger partial charge on any atom is -0.454 e. The van der Waals surface area contributed by atoms with Crippen LogP contribution in [-0.2, 0) is 9.53 Å². The molecule has 22 heavy (non-hydrogen) atoms. The maximum Gasteiger partial charge on any atom is 0.312 e. The highest BCUT2D eigenvalue weighted by Gasteiger charge is 2.59. The molecule has 4 aliphatic carbocycles. The van der Waals surface area contributed by atoms with Crippen molar-refractivity contribution in [3.63, 3.8) is 0 Å². The molecule has 4 bridgehead atoms. The minimum absolute atomic E-state index is 0.0619. The number of hydrogen-bond donors (Lipinski definition) is 0. The highest BCUT2D eigenvalue weighted by Crippen LogP contribution is 2.64. The van der Waals surface area contributed by atoms with Gasteiger partial charge in [0.2, 0.25) is 0 Å². The van der Waals surface area contributed by atoms with Crippen LogP contribution in [0.4, 0.5) is 0 Å². The molecule has 0 heterocycles. The fraction of sp³-hybridized carbons (Fsp3) is 0.850. The first kappa shape index (κ1) is 16.1. The van der Waals surface area contributed by atoms with Crippen molar-refractivity contribution in [2.45, 2.75) is 78.2 Å². The average Bonchev–Trinajstić information content (AvgIpc) is 2.45. The van der Waals surface area contributed by atoms with Gasteiger partial charge in [0, 0.05) is 5.41 Å². The van der Waals surface area contributed by atoms with Crippen molar-refractivity contribution < 1.29 is 9.53 Å². The van der Waals surface area contributed by atoms with E-state index in [9.17, 15) is 4.79 Å². The molecule has 2 nitrogen and oxygen atoms in total. The van der Waals surface area contributed by atoms with Gasteiger partial charge in [0.1, 0.15) is 5.60 Å². The van der Waals surface area contributed by atoms with Gasteiger partial charge in [-0.25, -0.2) is 0 Å². The van der Waals surface area contributed by atoms with Crippen molar-refractivity contribution in [3.05, 3.63) is 12.7 Å². The maximum absolute atomic E-state index is 12.7. The van der Waals surface area contributed by atoms with Crippen LogP contribution in [0.3, 0.4) is 0 Å². The number of esters is 1. The fourth-order valence-corrected chi connectivity index (χ4v) is 5.56. The van der Waals surface area contributed by atoms with Gasteiger partial charge < -0.3 is 4.74 Å². The van der Waals surface area contributed by atoms with E-state index in [0.29, 0.717) is 0 Å². The second-order valence-corrected chi connectivity index (χ2v) is 9.14. The zero-order valence-corrected chi connectivity index (χ0v) is 14.8. The number of rotatable bonds is 5. The Hall–Kier alpha value is -0.790. The first-order valence-electron chi connectivity index (χ1n) is 9.10. The summed E-state index contributed by atoms with van der Waals surface area (Å²) in [7, 11) is 0. The van der Waals surface area contributed by atoms with Crippen LogP contribution in [0.25, 0.3) is 0 Å². The molecule has 1 atom stereocenters. The third-order valence-electron chi connectivity index (χ3n) is 7.22. The highest BCUT2D eigenvalue weighted by atomic mass is 16.6. The minimum atomic E-state index is -0.507. The Bertz CT molecular complexity index is 441. The van der Waals surface area contributed by atoms with Crippen LogP contribution < -0.4 is 0 Å². The molecule has 0 spiro atoms. The van der Waals surface area contributed by atoms with Crippen molar-refractivity contribution in [2.24, 2.45) is 28.6 Å². The number of ether oxygens (including phenoxy) is 1.